The van der Waals surface area contributed by atoms with Crippen molar-refractivity contribution in [2.45, 2.75) is 32.6 Å². The van der Waals surface area contributed by atoms with Crippen molar-refractivity contribution < 1.29 is 19.1 Å². The zero-order valence-corrected chi connectivity index (χ0v) is 15.2. The summed E-state index contributed by atoms with van der Waals surface area (Å²) in [5.41, 5.74) is 3.28. The lowest BCUT2D eigenvalue weighted by atomic mass is 9.96. The lowest BCUT2D eigenvalue weighted by Crippen LogP contribution is -2.21. The molecule has 1 amide bonds. The highest BCUT2D eigenvalue weighted by Gasteiger charge is 2.21. The van der Waals surface area contributed by atoms with Crippen molar-refractivity contribution in [3.8, 4) is 5.75 Å². The number of hydrogen-bond donors (Lipinski definition) is 1. The number of fused-ring (bicyclic) bond motifs is 1. The highest BCUT2D eigenvalue weighted by Crippen LogP contribution is 2.30. The van der Waals surface area contributed by atoms with Crippen LogP contribution in [0.2, 0.25) is 0 Å². The minimum atomic E-state index is -0.425. The van der Waals surface area contributed by atoms with Gasteiger partial charge in [-0.15, -0.1) is 11.3 Å². The van der Waals surface area contributed by atoms with E-state index in [4.69, 9.17) is 9.47 Å². The quantitative estimate of drug-likeness (QED) is 0.826. The average molecular weight is 359 g/mol. The molecular formula is C19H21NO4S. The van der Waals surface area contributed by atoms with Gasteiger partial charge in [-0.1, -0.05) is 6.07 Å². The number of nitrogens with one attached hydrogen (secondary N) is 1. The molecule has 3 rings (SSSR count). The molecule has 5 nitrogen and oxygen atoms in total. The van der Waals surface area contributed by atoms with E-state index in [1.54, 1.807) is 24.5 Å². The maximum atomic E-state index is 12.3. The average Bonchev–Trinajstić information content (AvgIpc) is 3.04. The fraction of sp³-hybridized carbons (Fsp3) is 0.368. The molecule has 0 atom stereocenters. The largest absolute Gasteiger partial charge is 0.495 e. The van der Waals surface area contributed by atoms with E-state index in [0.29, 0.717) is 17.0 Å². The van der Waals surface area contributed by atoms with Gasteiger partial charge in [0.25, 0.3) is 5.91 Å². The van der Waals surface area contributed by atoms with Crippen LogP contribution >= 0.6 is 11.3 Å². The number of anilines is 1. The molecule has 0 aliphatic heterocycles. The molecule has 25 heavy (non-hydrogen) atoms. The number of aryl methyl sites for hydroxylation is 2. The summed E-state index contributed by atoms with van der Waals surface area (Å²) in [4.78, 5) is 25.7. The molecular weight excluding hydrogens is 338 g/mol. The van der Waals surface area contributed by atoms with E-state index >= 15 is 0 Å². The lowest BCUT2D eigenvalue weighted by Gasteiger charge is -2.13. The van der Waals surface area contributed by atoms with E-state index in [2.05, 4.69) is 5.32 Å². The lowest BCUT2D eigenvalue weighted by molar-refractivity contribution is -0.119. The molecule has 1 aliphatic carbocycles. The number of amides is 1. The van der Waals surface area contributed by atoms with Crippen LogP contribution in [0.4, 0.5) is 5.69 Å². The maximum Gasteiger partial charge on any atom is 0.339 e. The molecule has 1 aromatic heterocycles. The van der Waals surface area contributed by atoms with Crippen molar-refractivity contribution in [2.75, 3.05) is 19.0 Å². The van der Waals surface area contributed by atoms with Gasteiger partial charge in [0.05, 0.1) is 18.4 Å². The molecule has 6 heteroatoms. The molecule has 1 N–H and O–H groups in total. The molecule has 0 saturated heterocycles. The van der Waals surface area contributed by atoms with Gasteiger partial charge in [-0.25, -0.2) is 4.79 Å². The molecule has 1 aliphatic rings. The third-order valence-corrected chi connectivity index (χ3v) is 5.33. The first kappa shape index (κ1) is 17.5. The number of hydrogen-bond acceptors (Lipinski definition) is 5. The van der Waals surface area contributed by atoms with Gasteiger partial charge < -0.3 is 14.8 Å². The zero-order valence-electron chi connectivity index (χ0n) is 14.4. The first-order valence-corrected chi connectivity index (χ1v) is 9.17. The predicted octanol–water partition coefficient (Wildman–Crippen LogP) is 3.74. The van der Waals surface area contributed by atoms with Crippen molar-refractivity contribution in [1.82, 2.24) is 0 Å². The van der Waals surface area contributed by atoms with Crippen molar-refractivity contribution >= 4 is 28.9 Å². The van der Waals surface area contributed by atoms with Gasteiger partial charge in [-0.2, -0.15) is 0 Å². The molecule has 0 spiro atoms. The fourth-order valence-electron chi connectivity index (χ4n) is 2.98. The maximum absolute atomic E-state index is 12.3. The Bertz CT molecular complexity index is 797. The number of methoxy groups -OCH3 is 1. The third kappa shape index (κ3) is 4.02. The van der Waals surface area contributed by atoms with E-state index in [1.807, 2.05) is 24.4 Å². The normalized spacial score (nSPS) is 13.0. The number of esters is 1. The summed E-state index contributed by atoms with van der Waals surface area (Å²) in [6, 6.07) is 5.50. The molecule has 1 heterocycles. The Balaban J connectivity index is 1.60. The van der Waals surface area contributed by atoms with E-state index in [-0.39, 0.29) is 12.5 Å². The van der Waals surface area contributed by atoms with E-state index < -0.39 is 5.97 Å². The summed E-state index contributed by atoms with van der Waals surface area (Å²) in [6.07, 6.45) is 4.21. The topological polar surface area (TPSA) is 64.6 Å². The third-order valence-electron chi connectivity index (χ3n) is 4.24. The second kappa shape index (κ2) is 7.70. The van der Waals surface area contributed by atoms with Crippen molar-refractivity contribution in [2.24, 2.45) is 0 Å². The molecule has 2 aromatic rings. The minimum Gasteiger partial charge on any atom is -0.495 e. The number of carbonyl (C=O) groups excluding carboxylic acids is 2. The smallest absolute Gasteiger partial charge is 0.339 e. The number of thiophene rings is 1. The van der Waals surface area contributed by atoms with Crippen LogP contribution in [0.25, 0.3) is 0 Å². The molecule has 0 radical (unpaired) electrons. The van der Waals surface area contributed by atoms with Gasteiger partial charge in [0.15, 0.2) is 6.61 Å². The highest BCUT2D eigenvalue weighted by molar-refractivity contribution is 7.10. The Morgan fingerprint density at radius 1 is 1.24 bits per heavy atom. The van der Waals surface area contributed by atoms with Gasteiger partial charge in [-0.3, -0.25) is 4.79 Å². The fourth-order valence-corrected chi connectivity index (χ4v) is 4.09. The van der Waals surface area contributed by atoms with Crippen LogP contribution in [0.3, 0.4) is 0 Å². The summed E-state index contributed by atoms with van der Waals surface area (Å²) >= 11 is 1.61. The van der Waals surface area contributed by atoms with Crippen LogP contribution in [0.1, 0.15) is 39.2 Å². The summed E-state index contributed by atoms with van der Waals surface area (Å²) in [5.74, 6) is -0.246. The van der Waals surface area contributed by atoms with Crippen molar-refractivity contribution in [3.05, 3.63) is 45.1 Å². The van der Waals surface area contributed by atoms with Crippen molar-refractivity contribution in [1.29, 1.82) is 0 Å². The number of rotatable bonds is 5. The zero-order chi connectivity index (χ0) is 17.8. The summed E-state index contributed by atoms with van der Waals surface area (Å²) in [7, 11) is 1.54. The van der Waals surface area contributed by atoms with E-state index in [1.165, 1.54) is 11.3 Å². The van der Waals surface area contributed by atoms with Crippen LogP contribution in [0.5, 0.6) is 5.75 Å². The summed E-state index contributed by atoms with van der Waals surface area (Å²) in [5, 5.41) is 4.57. The first-order valence-electron chi connectivity index (χ1n) is 8.29. The Kier molecular flexibility index (Phi) is 5.38. The summed E-state index contributed by atoms with van der Waals surface area (Å²) < 4.78 is 10.4. The Hall–Kier alpha value is -2.34. The Morgan fingerprint density at radius 3 is 2.84 bits per heavy atom. The van der Waals surface area contributed by atoms with Gasteiger partial charge in [0, 0.05) is 10.3 Å². The molecule has 0 bridgehead atoms. The SMILES string of the molecule is COc1ccc(C)cc1NC(=O)COC(=O)c1csc2c1CCCC2. The standard InChI is InChI=1S/C19H21NO4S/c1-12-7-8-16(23-2)15(9-12)20-18(21)10-24-19(22)14-11-25-17-6-4-3-5-13(14)17/h7-9,11H,3-6,10H2,1-2H3,(H,20,21). The second-order valence-electron chi connectivity index (χ2n) is 6.09. The first-order chi connectivity index (χ1) is 12.1. The Labute approximate surface area is 151 Å². The van der Waals surface area contributed by atoms with Crippen LogP contribution in [0.15, 0.2) is 23.6 Å². The Morgan fingerprint density at radius 2 is 2.04 bits per heavy atom. The van der Waals surface area contributed by atoms with Crippen LogP contribution in [-0.2, 0) is 22.4 Å². The number of ether oxygens (including phenoxy) is 2. The van der Waals surface area contributed by atoms with Crippen LogP contribution in [0, 0.1) is 6.92 Å². The van der Waals surface area contributed by atoms with Crippen LogP contribution < -0.4 is 10.1 Å². The highest BCUT2D eigenvalue weighted by atomic mass is 32.1. The predicted molar refractivity (Wildman–Crippen MR) is 97.6 cm³/mol. The second-order valence-corrected chi connectivity index (χ2v) is 7.05. The molecule has 132 valence electrons. The number of benzene rings is 1. The summed E-state index contributed by atoms with van der Waals surface area (Å²) in [6.45, 7) is 1.61. The van der Waals surface area contributed by atoms with Crippen molar-refractivity contribution in [3.63, 3.8) is 0 Å². The van der Waals surface area contributed by atoms with Gasteiger partial charge in [-0.05, 0) is 55.9 Å². The molecule has 0 unspecified atom stereocenters. The molecule has 0 fully saturated rings. The van der Waals surface area contributed by atoms with Gasteiger partial charge in [0.1, 0.15) is 5.75 Å². The van der Waals surface area contributed by atoms with Gasteiger partial charge in [0.2, 0.25) is 0 Å². The molecule has 1 aromatic carbocycles. The number of carbonyl (C=O) groups is 2. The van der Waals surface area contributed by atoms with Gasteiger partial charge >= 0.3 is 5.97 Å². The van der Waals surface area contributed by atoms with Crippen LogP contribution in [-0.4, -0.2) is 25.6 Å². The monoisotopic (exact) mass is 359 g/mol. The molecule has 0 saturated carbocycles. The minimum absolute atomic E-state index is 0.319. The van der Waals surface area contributed by atoms with E-state index in [9.17, 15) is 9.59 Å². The van der Waals surface area contributed by atoms with E-state index in [0.717, 1.165) is 30.4 Å².